The number of pyridine rings is 1. The first-order valence-electron chi connectivity index (χ1n) is 6.54. The van der Waals surface area contributed by atoms with Crippen molar-refractivity contribution in [1.82, 2.24) is 14.2 Å². The number of nitrogens with zero attached hydrogens (tertiary/aromatic N) is 3. The molecular formula is C15H14N4O2. The van der Waals surface area contributed by atoms with Gasteiger partial charge in [0, 0.05) is 18.8 Å². The van der Waals surface area contributed by atoms with E-state index in [1.807, 2.05) is 24.3 Å². The van der Waals surface area contributed by atoms with Crippen LogP contribution in [0.2, 0.25) is 0 Å². The van der Waals surface area contributed by atoms with Gasteiger partial charge in [0.25, 0.3) is 0 Å². The van der Waals surface area contributed by atoms with E-state index in [2.05, 4.69) is 10.4 Å². The number of hydrogen-bond acceptors (Lipinski definition) is 3. The molecule has 2 aromatic heterocycles. The van der Waals surface area contributed by atoms with Crippen molar-refractivity contribution in [3.8, 4) is 0 Å². The fourth-order valence-corrected chi connectivity index (χ4v) is 2.19. The van der Waals surface area contributed by atoms with Crippen LogP contribution in [0.4, 0.5) is 5.69 Å². The van der Waals surface area contributed by atoms with Gasteiger partial charge in [0.1, 0.15) is 0 Å². The number of benzene rings is 1. The molecule has 1 amide bonds. The minimum Gasteiger partial charge on any atom is -0.326 e. The Labute approximate surface area is 120 Å². The second-order valence-electron chi connectivity index (χ2n) is 4.75. The highest BCUT2D eigenvalue weighted by atomic mass is 16.2. The molecule has 0 atom stereocenters. The maximum absolute atomic E-state index is 12.2. The van der Waals surface area contributed by atoms with E-state index in [-0.39, 0.29) is 11.6 Å². The lowest BCUT2D eigenvalue weighted by Gasteiger charge is -2.05. The van der Waals surface area contributed by atoms with Crippen molar-refractivity contribution in [2.24, 2.45) is 0 Å². The van der Waals surface area contributed by atoms with Gasteiger partial charge < -0.3 is 5.32 Å². The highest BCUT2D eigenvalue weighted by molar-refractivity contribution is 5.88. The van der Waals surface area contributed by atoms with E-state index in [1.165, 1.54) is 16.0 Å². The fourth-order valence-electron chi connectivity index (χ4n) is 2.19. The van der Waals surface area contributed by atoms with E-state index in [0.717, 1.165) is 5.56 Å². The van der Waals surface area contributed by atoms with Gasteiger partial charge in [-0.3, -0.25) is 9.20 Å². The predicted octanol–water partition coefficient (Wildman–Crippen LogP) is 1.50. The Bertz CT molecular complexity index is 863. The average molecular weight is 282 g/mol. The highest BCUT2D eigenvalue weighted by Gasteiger charge is 2.07. The molecule has 0 fully saturated rings. The number of nitrogens with one attached hydrogen (secondary N) is 1. The fraction of sp³-hybridized carbons (Fsp3) is 0.133. The SMILES string of the molecule is CC(=O)Nc1cccc(Cn2nc3ccccn3c2=O)c1. The van der Waals surface area contributed by atoms with Gasteiger partial charge in [0.15, 0.2) is 5.65 Å². The van der Waals surface area contributed by atoms with Gasteiger partial charge in [0.2, 0.25) is 5.91 Å². The lowest BCUT2D eigenvalue weighted by molar-refractivity contribution is -0.114. The summed E-state index contributed by atoms with van der Waals surface area (Å²) in [5.74, 6) is -0.128. The van der Waals surface area contributed by atoms with Gasteiger partial charge in [0.05, 0.1) is 6.54 Å². The zero-order valence-electron chi connectivity index (χ0n) is 11.5. The van der Waals surface area contributed by atoms with Crippen LogP contribution < -0.4 is 11.0 Å². The summed E-state index contributed by atoms with van der Waals surface area (Å²) in [4.78, 5) is 23.3. The summed E-state index contributed by atoms with van der Waals surface area (Å²) in [6, 6.07) is 12.8. The largest absolute Gasteiger partial charge is 0.350 e. The van der Waals surface area contributed by atoms with E-state index in [0.29, 0.717) is 17.9 Å². The third-order valence-electron chi connectivity index (χ3n) is 3.07. The smallest absolute Gasteiger partial charge is 0.326 e. The summed E-state index contributed by atoms with van der Waals surface area (Å²) in [7, 11) is 0. The summed E-state index contributed by atoms with van der Waals surface area (Å²) >= 11 is 0. The maximum atomic E-state index is 12.2. The average Bonchev–Trinajstić information content (AvgIpc) is 2.76. The summed E-state index contributed by atoms with van der Waals surface area (Å²) in [5, 5.41) is 7.00. The molecule has 0 saturated heterocycles. The molecule has 2 heterocycles. The normalized spacial score (nSPS) is 10.7. The number of carbonyl (C=O) groups excluding carboxylic acids is 1. The number of hydrogen-bond donors (Lipinski definition) is 1. The molecule has 0 bridgehead atoms. The van der Waals surface area contributed by atoms with Gasteiger partial charge in [-0.05, 0) is 29.8 Å². The number of fused-ring (bicyclic) bond motifs is 1. The van der Waals surface area contributed by atoms with Crippen LogP contribution in [0.25, 0.3) is 5.65 Å². The van der Waals surface area contributed by atoms with Crippen LogP contribution in [0.1, 0.15) is 12.5 Å². The first kappa shape index (κ1) is 13.1. The monoisotopic (exact) mass is 282 g/mol. The van der Waals surface area contributed by atoms with E-state index in [4.69, 9.17) is 0 Å². The Kier molecular flexibility index (Phi) is 3.27. The van der Waals surface area contributed by atoms with Gasteiger partial charge in [-0.2, -0.15) is 0 Å². The van der Waals surface area contributed by atoms with Crippen molar-refractivity contribution in [1.29, 1.82) is 0 Å². The van der Waals surface area contributed by atoms with Crippen LogP contribution in [-0.2, 0) is 11.3 Å². The van der Waals surface area contributed by atoms with Crippen molar-refractivity contribution in [3.05, 3.63) is 64.7 Å². The van der Waals surface area contributed by atoms with Crippen molar-refractivity contribution in [2.45, 2.75) is 13.5 Å². The minimum absolute atomic E-state index is 0.128. The van der Waals surface area contributed by atoms with Gasteiger partial charge >= 0.3 is 5.69 Å². The number of amides is 1. The Balaban J connectivity index is 1.93. The van der Waals surface area contributed by atoms with Gasteiger partial charge in [-0.15, -0.1) is 5.10 Å². The first-order chi connectivity index (χ1) is 10.1. The highest BCUT2D eigenvalue weighted by Crippen LogP contribution is 2.11. The quantitative estimate of drug-likeness (QED) is 0.791. The molecule has 3 aromatic rings. The van der Waals surface area contributed by atoms with E-state index in [1.54, 1.807) is 24.4 Å². The Hall–Kier alpha value is -2.89. The van der Waals surface area contributed by atoms with Crippen LogP contribution in [0.5, 0.6) is 0 Å². The lowest BCUT2D eigenvalue weighted by Crippen LogP contribution is -2.21. The maximum Gasteiger partial charge on any atom is 0.350 e. The van der Waals surface area contributed by atoms with Crippen molar-refractivity contribution >= 4 is 17.2 Å². The number of anilines is 1. The van der Waals surface area contributed by atoms with Crippen molar-refractivity contribution in [2.75, 3.05) is 5.32 Å². The molecule has 6 nitrogen and oxygen atoms in total. The third kappa shape index (κ3) is 2.69. The number of rotatable bonds is 3. The Morgan fingerprint density at radius 2 is 2.10 bits per heavy atom. The van der Waals surface area contributed by atoms with Crippen molar-refractivity contribution in [3.63, 3.8) is 0 Å². The lowest BCUT2D eigenvalue weighted by atomic mass is 10.2. The summed E-state index contributed by atoms with van der Waals surface area (Å²) in [5.41, 5.74) is 2.03. The molecule has 0 aliphatic rings. The molecule has 0 aliphatic carbocycles. The van der Waals surface area contributed by atoms with Crippen molar-refractivity contribution < 1.29 is 4.79 Å². The van der Waals surface area contributed by atoms with Crippen LogP contribution in [-0.4, -0.2) is 20.1 Å². The Morgan fingerprint density at radius 1 is 1.24 bits per heavy atom. The van der Waals surface area contributed by atoms with E-state index in [9.17, 15) is 9.59 Å². The summed E-state index contributed by atoms with van der Waals surface area (Å²) in [6.07, 6.45) is 1.69. The number of carbonyl (C=O) groups is 1. The summed E-state index contributed by atoms with van der Waals surface area (Å²) in [6.45, 7) is 1.81. The molecule has 6 heteroatoms. The number of aromatic nitrogens is 3. The summed E-state index contributed by atoms with van der Waals surface area (Å²) < 4.78 is 2.90. The molecule has 1 aromatic carbocycles. The zero-order valence-corrected chi connectivity index (χ0v) is 11.5. The molecular weight excluding hydrogens is 268 g/mol. The zero-order chi connectivity index (χ0) is 14.8. The predicted molar refractivity (Wildman–Crippen MR) is 79.3 cm³/mol. The van der Waals surface area contributed by atoms with Crippen LogP contribution in [0.15, 0.2) is 53.5 Å². The molecule has 0 saturated carbocycles. The van der Waals surface area contributed by atoms with Crippen LogP contribution >= 0.6 is 0 Å². The van der Waals surface area contributed by atoms with E-state index < -0.39 is 0 Å². The molecule has 1 N–H and O–H groups in total. The molecule has 0 unspecified atom stereocenters. The first-order valence-corrected chi connectivity index (χ1v) is 6.54. The van der Waals surface area contributed by atoms with E-state index >= 15 is 0 Å². The topological polar surface area (TPSA) is 68.4 Å². The van der Waals surface area contributed by atoms with Crippen LogP contribution in [0, 0.1) is 0 Å². The van der Waals surface area contributed by atoms with Gasteiger partial charge in [-0.25, -0.2) is 9.48 Å². The second kappa shape index (κ2) is 5.24. The molecule has 106 valence electrons. The molecule has 3 rings (SSSR count). The standard InChI is InChI=1S/C15H14N4O2/c1-11(20)16-13-6-4-5-12(9-13)10-19-15(21)18-8-3-2-7-14(18)17-19/h2-9H,10H2,1H3,(H,16,20). The van der Waals surface area contributed by atoms with Crippen LogP contribution in [0.3, 0.4) is 0 Å². The molecule has 0 spiro atoms. The molecule has 21 heavy (non-hydrogen) atoms. The van der Waals surface area contributed by atoms with Gasteiger partial charge in [-0.1, -0.05) is 18.2 Å². The molecule has 0 aliphatic heterocycles. The molecule has 0 radical (unpaired) electrons. The minimum atomic E-state index is -0.185. The third-order valence-corrected chi connectivity index (χ3v) is 3.07. The second-order valence-corrected chi connectivity index (χ2v) is 4.75. The Morgan fingerprint density at radius 3 is 2.86 bits per heavy atom.